The Hall–Kier alpha value is -16.4. The molecule has 6 heterocycles. The van der Waals surface area contributed by atoms with E-state index in [1.807, 2.05) is 90.2 Å². The Morgan fingerprint density at radius 3 is 1.04 bits per heavy atom. The van der Waals surface area contributed by atoms with E-state index in [0.29, 0.717) is 34.9 Å². The Labute approximate surface area is 717 Å². The highest BCUT2D eigenvalue weighted by Gasteiger charge is 2.28. The Balaban J connectivity index is 0.640. The molecular formula is C114H70N8OS. The fourth-order valence-corrected chi connectivity index (χ4v) is 19.8. The van der Waals surface area contributed by atoms with Crippen LogP contribution in [0.25, 0.3) is 243 Å². The number of furan rings is 1. The minimum Gasteiger partial charge on any atom is -0.454 e. The van der Waals surface area contributed by atoms with Crippen molar-refractivity contribution in [1.82, 2.24) is 39.0 Å². The van der Waals surface area contributed by atoms with E-state index < -0.39 is 0 Å². The molecule has 124 heavy (non-hydrogen) atoms. The zero-order valence-electron chi connectivity index (χ0n) is 66.8. The van der Waals surface area contributed by atoms with Crippen molar-refractivity contribution in [3.8, 4) is 158 Å². The van der Waals surface area contributed by atoms with E-state index >= 15 is 0 Å². The van der Waals surface area contributed by atoms with Crippen LogP contribution in [0.5, 0.6) is 0 Å². The van der Waals surface area contributed by atoms with Crippen LogP contribution >= 0.6 is 11.3 Å². The first-order chi connectivity index (χ1) is 61.5. The molecule has 0 saturated heterocycles. The van der Waals surface area contributed by atoms with Gasteiger partial charge in [-0.3, -0.25) is 0 Å². The molecule has 24 rings (SSSR count). The van der Waals surface area contributed by atoms with Gasteiger partial charge in [-0.15, -0.1) is 11.3 Å². The number of aromatic nitrogens is 8. The average Bonchev–Trinajstić information content (AvgIpc) is 1.56. The summed E-state index contributed by atoms with van der Waals surface area (Å²) in [6, 6.07) is 151. The van der Waals surface area contributed by atoms with Gasteiger partial charge in [0.2, 0.25) is 0 Å². The van der Waals surface area contributed by atoms with E-state index in [1.54, 1.807) is 0 Å². The maximum atomic E-state index is 6.94. The molecule has 18 aromatic carbocycles. The Bertz CT molecular complexity index is 8200. The minimum absolute atomic E-state index is 0.542. The van der Waals surface area contributed by atoms with E-state index in [9.17, 15) is 0 Å². The summed E-state index contributed by atoms with van der Waals surface area (Å²) in [5.41, 5.74) is 28.5. The summed E-state index contributed by atoms with van der Waals surface area (Å²) in [6.07, 6.45) is 0. The summed E-state index contributed by atoms with van der Waals surface area (Å²) in [5.74, 6) is 3.46. The van der Waals surface area contributed by atoms with E-state index in [2.05, 4.69) is 355 Å². The van der Waals surface area contributed by atoms with Gasteiger partial charge in [0, 0.05) is 85.9 Å². The summed E-state index contributed by atoms with van der Waals surface area (Å²) in [5, 5.41) is 9.09. The molecule has 9 nitrogen and oxygen atoms in total. The largest absolute Gasteiger partial charge is 0.454 e. The third-order valence-electron chi connectivity index (χ3n) is 24.3. The smallest absolute Gasteiger partial charge is 0.166 e. The molecule has 578 valence electrons. The van der Waals surface area contributed by atoms with E-state index in [4.69, 9.17) is 34.3 Å². The van der Waals surface area contributed by atoms with Crippen molar-refractivity contribution in [2.75, 3.05) is 0 Å². The van der Waals surface area contributed by atoms with Crippen molar-refractivity contribution < 1.29 is 4.42 Å². The van der Waals surface area contributed by atoms with Crippen molar-refractivity contribution >= 4 is 97.1 Å². The van der Waals surface area contributed by atoms with Gasteiger partial charge in [-0.05, 0) is 145 Å². The normalized spacial score (nSPS) is 11.7. The molecule has 0 unspecified atom stereocenters. The van der Waals surface area contributed by atoms with Gasteiger partial charge in [0.25, 0.3) is 0 Å². The van der Waals surface area contributed by atoms with Crippen LogP contribution in [0, 0.1) is 0 Å². The van der Waals surface area contributed by atoms with Crippen molar-refractivity contribution in [2.24, 2.45) is 0 Å². The Morgan fingerprint density at radius 2 is 0.540 bits per heavy atom. The summed E-state index contributed by atoms with van der Waals surface area (Å²) in [4.78, 5) is 32.3. The molecule has 24 aromatic rings. The van der Waals surface area contributed by atoms with Crippen LogP contribution in [0.3, 0.4) is 0 Å². The second-order valence-electron chi connectivity index (χ2n) is 31.5. The lowest BCUT2D eigenvalue weighted by molar-refractivity contribution is 0.671. The zero-order valence-corrected chi connectivity index (χ0v) is 67.6. The van der Waals surface area contributed by atoms with Gasteiger partial charge in [-0.2, -0.15) is 0 Å². The fraction of sp³-hybridized carbons (Fsp3) is 0. The number of benzene rings is 18. The van der Waals surface area contributed by atoms with Gasteiger partial charge in [0.05, 0.1) is 33.4 Å². The quantitative estimate of drug-likeness (QED) is 0.101. The van der Waals surface area contributed by atoms with Crippen molar-refractivity contribution in [3.05, 3.63) is 425 Å². The number of para-hydroxylation sites is 3. The third-order valence-corrected chi connectivity index (χ3v) is 25.6. The van der Waals surface area contributed by atoms with Gasteiger partial charge in [0.15, 0.2) is 40.5 Å². The fourth-order valence-electron chi connectivity index (χ4n) is 18.4. The number of hydrogen-bond acceptors (Lipinski definition) is 8. The van der Waals surface area contributed by atoms with Crippen LogP contribution in [-0.2, 0) is 0 Å². The van der Waals surface area contributed by atoms with Crippen molar-refractivity contribution in [3.63, 3.8) is 0 Å². The summed E-state index contributed by atoms with van der Waals surface area (Å²) >= 11 is 1.87. The zero-order chi connectivity index (χ0) is 81.7. The first-order valence-corrected chi connectivity index (χ1v) is 42.6. The van der Waals surface area contributed by atoms with Crippen LogP contribution in [-0.4, -0.2) is 39.0 Å². The van der Waals surface area contributed by atoms with Crippen LogP contribution < -0.4 is 0 Å². The molecule has 0 N–H and O–H groups in total. The van der Waals surface area contributed by atoms with Gasteiger partial charge in [-0.25, -0.2) is 29.9 Å². The first kappa shape index (κ1) is 71.7. The lowest BCUT2D eigenvalue weighted by Crippen LogP contribution is -2.04. The van der Waals surface area contributed by atoms with Crippen LogP contribution in [0.15, 0.2) is 429 Å². The molecule has 0 radical (unpaired) electrons. The van der Waals surface area contributed by atoms with Gasteiger partial charge in [0.1, 0.15) is 5.58 Å². The SMILES string of the molecule is c1ccc(-c2nc(-c3ccccc3)nc(-c3cc(-c4ccc(-c5ccccc5)c(-c5ccccc5)c4)ccc3-n3c4ccccc4c4c5sc6c(-c7ccc(-c8ccc(-c9ccc(-n%10c%11ccccc%11c%11ccc%12c%13ccccc%13oc%12c%11%10)c(-c%10nc(-c%11ccccc%11)nc(-c%11ccccc%11)n%10)c9)cc8-c8ccccc8)cc7)cccc6c5ccc43)n2)cc1. The molecule has 6 aromatic heterocycles. The topological polar surface area (TPSA) is 100 Å². The van der Waals surface area contributed by atoms with Gasteiger partial charge < -0.3 is 13.6 Å². The minimum atomic E-state index is 0.542. The molecule has 0 spiro atoms. The summed E-state index contributed by atoms with van der Waals surface area (Å²) < 4.78 is 14.2. The molecule has 0 amide bonds. The number of fused-ring (bicyclic) bond motifs is 14. The molecule has 0 aliphatic heterocycles. The predicted octanol–water partition coefficient (Wildman–Crippen LogP) is 30.2. The van der Waals surface area contributed by atoms with Gasteiger partial charge >= 0.3 is 0 Å². The molecule has 0 fully saturated rings. The lowest BCUT2D eigenvalue weighted by atomic mass is 9.90. The van der Waals surface area contributed by atoms with Crippen molar-refractivity contribution in [2.45, 2.75) is 0 Å². The molecule has 0 atom stereocenters. The van der Waals surface area contributed by atoms with Crippen molar-refractivity contribution in [1.29, 1.82) is 0 Å². The number of thiophene rings is 1. The van der Waals surface area contributed by atoms with Crippen LogP contribution in [0.4, 0.5) is 0 Å². The Morgan fingerprint density at radius 1 is 0.194 bits per heavy atom. The number of nitrogens with zero attached hydrogens (tertiary/aromatic N) is 8. The van der Waals surface area contributed by atoms with Gasteiger partial charge in [-0.1, -0.05) is 358 Å². The standard InChI is InChI=1S/C114H70N8OS/c1-8-29-71(30-9-1)84-59-55-80(67-94(84)72-31-10-2-11-32-72)82-57-64-100(96(69-82)113-117-109(76-35-14-4-15-36-76)115-110(118-113)77-37-16-5-17-38-77)121-99-49-26-23-45-93(99)104-102(121)66-63-92-91-47-28-46-86(107(91)124-108(92)104)75-53-51-74(52-54-75)85-60-56-81(68-95(85)73-33-12-3-13-34-73)83-58-65-101(97(70-83)114-119-111(78-39-18-6-19-40-78)116-112(120-114)79-41-20-7-21-42-79)122-98-48-25-22-43-87(98)89-61-62-90-88-44-24-27-50-103(88)123-106(90)105(89)122/h1-70H. The van der Waals surface area contributed by atoms with E-state index in [1.165, 1.54) is 31.1 Å². The third kappa shape index (κ3) is 12.3. The second-order valence-corrected chi connectivity index (χ2v) is 32.5. The summed E-state index contributed by atoms with van der Waals surface area (Å²) in [7, 11) is 0. The monoisotopic (exact) mass is 1600 g/mol. The average molecular weight is 1600 g/mol. The van der Waals surface area contributed by atoms with Crippen LogP contribution in [0.2, 0.25) is 0 Å². The number of rotatable bonds is 15. The first-order valence-electron chi connectivity index (χ1n) is 41.8. The second kappa shape index (κ2) is 29.8. The van der Waals surface area contributed by atoms with E-state index in [0.717, 1.165) is 177 Å². The summed E-state index contributed by atoms with van der Waals surface area (Å²) in [6.45, 7) is 0. The highest BCUT2D eigenvalue weighted by Crippen LogP contribution is 2.50. The van der Waals surface area contributed by atoms with Crippen LogP contribution in [0.1, 0.15) is 0 Å². The number of hydrogen-bond donors (Lipinski definition) is 0. The molecule has 10 heteroatoms. The molecule has 0 saturated carbocycles. The molecule has 0 bridgehead atoms. The lowest BCUT2D eigenvalue weighted by Gasteiger charge is -2.17. The molecule has 0 aliphatic carbocycles. The predicted molar refractivity (Wildman–Crippen MR) is 513 cm³/mol. The highest BCUT2D eigenvalue weighted by atomic mass is 32.1. The maximum absolute atomic E-state index is 6.94. The molecular weight excluding hydrogens is 1530 g/mol. The molecule has 0 aliphatic rings. The van der Waals surface area contributed by atoms with E-state index in [-0.39, 0.29) is 0 Å². The maximum Gasteiger partial charge on any atom is 0.166 e. The Kier molecular flexibility index (Phi) is 17.2. The highest BCUT2D eigenvalue weighted by molar-refractivity contribution is 7.27.